The van der Waals surface area contributed by atoms with Gasteiger partial charge in [0.2, 0.25) is 5.88 Å². The molecule has 0 unspecified atom stereocenters. The number of fused-ring (bicyclic) bond motifs is 2. The summed E-state index contributed by atoms with van der Waals surface area (Å²) >= 11 is 0. The topological polar surface area (TPSA) is 72.4 Å². The van der Waals surface area contributed by atoms with Crippen molar-refractivity contribution in [2.75, 3.05) is 12.0 Å². The average molecular weight is 333 g/mol. The lowest BCUT2D eigenvalue weighted by Crippen LogP contribution is -2.30. The van der Waals surface area contributed by atoms with Crippen molar-refractivity contribution >= 4 is 28.5 Å². The Hall–Kier alpha value is -3.28. The van der Waals surface area contributed by atoms with Crippen LogP contribution in [0.3, 0.4) is 0 Å². The van der Waals surface area contributed by atoms with E-state index in [4.69, 9.17) is 4.74 Å². The molecule has 0 atom stereocenters. The highest BCUT2D eigenvalue weighted by molar-refractivity contribution is 6.34. The number of hydrogen-bond donors (Lipinski definition) is 0. The minimum absolute atomic E-state index is 0.318. The number of anilines is 1. The molecular weight excluding hydrogens is 318 g/mol. The third-order valence-electron chi connectivity index (χ3n) is 4.34. The van der Waals surface area contributed by atoms with Crippen molar-refractivity contribution in [1.29, 1.82) is 0 Å². The summed E-state index contributed by atoms with van der Waals surface area (Å²) in [5.41, 5.74) is 4.04. The highest BCUT2D eigenvalue weighted by Crippen LogP contribution is 2.33. The first-order chi connectivity index (χ1) is 12.0. The summed E-state index contributed by atoms with van der Waals surface area (Å²) in [4.78, 5) is 35.5. The molecule has 2 heterocycles. The fourth-order valence-corrected chi connectivity index (χ4v) is 3.11. The number of methoxy groups -OCH3 is 1. The van der Waals surface area contributed by atoms with Crippen LogP contribution in [0.2, 0.25) is 0 Å². The fraction of sp³-hybridized carbons (Fsp3) is 0.158. The monoisotopic (exact) mass is 333 g/mol. The van der Waals surface area contributed by atoms with E-state index in [2.05, 4.69) is 9.97 Å². The number of hydrogen-bond acceptors (Lipinski definition) is 5. The van der Waals surface area contributed by atoms with Crippen LogP contribution in [0.4, 0.5) is 5.69 Å². The lowest BCUT2D eigenvalue weighted by molar-refractivity contribution is 0.0926. The second kappa shape index (κ2) is 5.37. The van der Waals surface area contributed by atoms with E-state index in [1.54, 1.807) is 44.4 Å². The maximum atomic E-state index is 12.7. The summed E-state index contributed by atoms with van der Waals surface area (Å²) in [5.74, 6) is -0.178. The largest absolute Gasteiger partial charge is 0.480 e. The Morgan fingerprint density at radius 2 is 1.52 bits per heavy atom. The summed E-state index contributed by atoms with van der Waals surface area (Å²) in [6.07, 6.45) is 0. The van der Waals surface area contributed by atoms with E-state index in [1.807, 2.05) is 13.0 Å². The van der Waals surface area contributed by atoms with Crippen LogP contribution in [-0.2, 0) is 0 Å². The zero-order chi connectivity index (χ0) is 17.7. The number of carbonyl (C=O) groups excluding carboxylic acids is 2. The van der Waals surface area contributed by atoms with Crippen LogP contribution in [0.15, 0.2) is 36.4 Å². The highest BCUT2D eigenvalue weighted by atomic mass is 16.5. The number of rotatable bonds is 2. The first-order valence-corrected chi connectivity index (χ1v) is 7.82. The molecule has 0 bridgehead atoms. The van der Waals surface area contributed by atoms with Gasteiger partial charge in [-0.1, -0.05) is 12.1 Å². The molecule has 0 radical (unpaired) electrons. The predicted octanol–water partition coefficient (Wildman–Crippen LogP) is 3.06. The highest BCUT2D eigenvalue weighted by Gasteiger charge is 2.37. The minimum Gasteiger partial charge on any atom is -0.480 e. The van der Waals surface area contributed by atoms with Crippen molar-refractivity contribution in [3.8, 4) is 5.88 Å². The second-order valence-electron chi connectivity index (χ2n) is 5.94. The summed E-state index contributed by atoms with van der Waals surface area (Å²) in [7, 11) is 1.54. The lowest BCUT2D eigenvalue weighted by atomic mass is 10.1. The lowest BCUT2D eigenvalue weighted by Gasteiger charge is -2.17. The number of ether oxygens (including phenoxy) is 1. The smallest absolute Gasteiger partial charge is 0.266 e. The quantitative estimate of drug-likeness (QED) is 0.674. The maximum absolute atomic E-state index is 12.7. The molecule has 0 saturated carbocycles. The number of aromatic nitrogens is 2. The molecule has 25 heavy (non-hydrogen) atoms. The van der Waals surface area contributed by atoms with Crippen molar-refractivity contribution < 1.29 is 14.3 Å². The van der Waals surface area contributed by atoms with Gasteiger partial charge in [0.15, 0.2) is 0 Å². The minimum atomic E-state index is -0.318. The van der Waals surface area contributed by atoms with Crippen LogP contribution < -0.4 is 9.64 Å². The van der Waals surface area contributed by atoms with Crippen molar-refractivity contribution in [3.63, 3.8) is 0 Å². The molecule has 4 rings (SSSR count). The average Bonchev–Trinajstić information content (AvgIpc) is 2.86. The molecule has 0 fully saturated rings. The molecule has 1 aliphatic rings. The SMILES string of the molecule is COc1nc2cc(C)c(N3C(=O)c4ccccc4C3=O)cc2nc1C. The summed E-state index contributed by atoms with van der Waals surface area (Å²) in [6.45, 7) is 3.64. The second-order valence-corrected chi connectivity index (χ2v) is 5.94. The number of nitrogens with zero attached hydrogens (tertiary/aromatic N) is 3. The van der Waals surface area contributed by atoms with Crippen LogP contribution in [0.5, 0.6) is 5.88 Å². The van der Waals surface area contributed by atoms with Crippen LogP contribution >= 0.6 is 0 Å². The van der Waals surface area contributed by atoms with Gasteiger partial charge in [0.1, 0.15) is 5.69 Å². The Kier molecular flexibility index (Phi) is 3.28. The van der Waals surface area contributed by atoms with Crippen molar-refractivity contribution in [3.05, 3.63) is 58.8 Å². The fourth-order valence-electron chi connectivity index (χ4n) is 3.11. The van der Waals surface area contributed by atoms with Gasteiger partial charge >= 0.3 is 0 Å². The van der Waals surface area contributed by atoms with Crippen LogP contribution in [0.25, 0.3) is 11.0 Å². The van der Waals surface area contributed by atoms with E-state index in [-0.39, 0.29) is 11.8 Å². The Balaban J connectivity index is 1.89. The molecule has 6 nitrogen and oxygen atoms in total. The first-order valence-electron chi connectivity index (χ1n) is 7.82. The number of carbonyl (C=O) groups is 2. The zero-order valence-electron chi connectivity index (χ0n) is 14.0. The Morgan fingerprint density at radius 3 is 2.12 bits per heavy atom. The van der Waals surface area contributed by atoms with Gasteiger partial charge < -0.3 is 4.74 Å². The normalized spacial score (nSPS) is 13.5. The van der Waals surface area contributed by atoms with Gasteiger partial charge in [0.05, 0.1) is 35.0 Å². The zero-order valence-corrected chi connectivity index (χ0v) is 14.0. The molecule has 0 aliphatic carbocycles. The molecular formula is C19H15N3O3. The summed E-state index contributed by atoms with van der Waals surface area (Å²) in [5, 5.41) is 0. The van der Waals surface area contributed by atoms with Crippen LogP contribution in [-0.4, -0.2) is 28.9 Å². The molecule has 124 valence electrons. The van der Waals surface area contributed by atoms with Crippen molar-refractivity contribution in [2.24, 2.45) is 0 Å². The number of benzene rings is 2. The standard InChI is InChI=1S/C19H15N3O3/c1-10-8-14-15(20-11(2)17(21-14)25-3)9-16(10)22-18(23)12-6-4-5-7-13(12)19(22)24/h4-9H,1-3H3. The van der Waals surface area contributed by atoms with Crippen molar-refractivity contribution in [2.45, 2.75) is 13.8 Å². The van der Waals surface area contributed by atoms with Gasteiger partial charge in [0, 0.05) is 0 Å². The van der Waals surface area contributed by atoms with E-state index >= 15 is 0 Å². The van der Waals surface area contributed by atoms with E-state index in [0.717, 1.165) is 5.56 Å². The van der Waals surface area contributed by atoms with Crippen LogP contribution in [0, 0.1) is 13.8 Å². The molecule has 3 aromatic rings. The Morgan fingerprint density at radius 1 is 0.920 bits per heavy atom. The Bertz CT molecular complexity index is 1020. The van der Waals surface area contributed by atoms with Gasteiger partial charge in [-0.15, -0.1) is 0 Å². The van der Waals surface area contributed by atoms with Gasteiger partial charge in [-0.2, -0.15) is 0 Å². The van der Waals surface area contributed by atoms with E-state index in [0.29, 0.717) is 39.4 Å². The van der Waals surface area contributed by atoms with E-state index in [9.17, 15) is 9.59 Å². The number of aryl methyl sites for hydroxylation is 2. The van der Waals surface area contributed by atoms with Gasteiger partial charge in [0.25, 0.3) is 11.8 Å². The van der Waals surface area contributed by atoms with E-state index in [1.165, 1.54) is 4.90 Å². The molecule has 0 spiro atoms. The number of imide groups is 1. The van der Waals surface area contributed by atoms with E-state index < -0.39 is 0 Å². The maximum Gasteiger partial charge on any atom is 0.266 e. The molecule has 2 aromatic carbocycles. The molecule has 0 saturated heterocycles. The van der Waals surface area contributed by atoms with Gasteiger partial charge in [-0.25, -0.2) is 14.9 Å². The third kappa shape index (κ3) is 2.18. The van der Waals surface area contributed by atoms with Gasteiger partial charge in [-0.3, -0.25) is 9.59 Å². The third-order valence-corrected chi connectivity index (χ3v) is 4.34. The molecule has 2 amide bonds. The molecule has 6 heteroatoms. The Labute approximate surface area is 144 Å². The first kappa shape index (κ1) is 15.3. The van der Waals surface area contributed by atoms with Crippen LogP contribution in [0.1, 0.15) is 32.0 Å². The summed E-state index contributed by atoms with van der Waals surface area (Å²) in [6, 6.07) is 10.4. The predicted molar refractivity (Wildman–Crippen MR) is 93.1 cm³/mol. The van der Waals surface area contributed by atoms with Gasteiger partial charge in [-0.05, 0) is 43.7 Å². The molecule has 1 aliphatic heterocycles. The van der Waals surface area contributed by atoms with Crippen molar-refractivity contribution in [1.82, 2.24) is 9.97 Å². The summed E-state index contributed by atoms with van der Waals surface area (Å²) < 4.78 is 5.21. The molecule has 0 N–H and O–H groups in total. The molecule has 1 aromatic heterocycles. The number of amides is 2.